The number of ketones is 1. The average molecular weight is 505 g/mol. The number of aromatic nitrogens is 1. The molecule has 6 heteroatoms. The number of halogens is 1. The molecule has 0 radical (unpaired) electrons. The second-order valence-electron chi connectivity index (χ2n) is 9.63. The van der Waals surface area contributed by atoms with E-state index in [1.54, 1.807) is 31.3 Å². The lowest BCUT2D eigenvalue weighted by atomic mass is 9.97. The molecule has 1 saturated carbocycles. The summed E-state index contributed by atoms with van der Waals surface area (Å²) >= 11 is 0. The predicted octanol–water partition coefficient (Wildman–Crippen LogP) is 7.31. The van der Waals surface area contributed by atoms with Crippen LogP contribution in [-0.4, -0.2) is 16.7 Å². The number of carbonyl (C=O) groups excluding carboxylic acids is 2. The van der Waals surface area contributed by atoms with Gasteiger partial charge in [-0.05, 0) is 84.6 Å². The SMILES string of the molecule is CCC(=O)c1c(-c2ccc(F)cc2)oc2ccc(-c3cccc(C(=O)NC4(c5ccccn5)CC4)c3)cc12. The number of rotatable bonds is 7. The maximum Gasteiger partial charge on any atom is 0.252 e. The van der Waals surface area contributed by atoms with Gasteiger partial charge in [-0.25, -0.2) is 4.39 Å². The molecular formula is C32H25FN2O3. The zero-order valence-corrected chi connectivity index (χ0v) is 20.8. The molecule has 2 aromatic heterocycles. The second-order valence-corrected chi connectivity index (χ2v) is 9.63. The minimum atomic E-state index is -0.407. The normalized spacial score (nSPS) is 13.8. The summed E-state index contributed by atoms with van der Waals surface area (Å²) in [6, 6.07) is 24.8. The Kier molecular flexibility index (Phi) is 5.87. The lowest BCUT2D eigenvalue weighted by molar-refractivity contribution is 0.0928. The third kappa shape index (κ3) is 4.28. The molecule has 38 heavy (non-hydrogen) atoms. The summed E-state index contributed by atoms with van der Waals surface area (Å²) in [5.74, 6) is -0.133. The molecule has 3 aromatic carbocycles. The summed E-state index contributed by atoms with van der Waals surface area (Å²) in [6.07, 6.45) is 3.77. The Morgan fingerprint density at radius 3 is 2.39 bits per heavy atom. The molecule has 0 saturated heterocycles. The minimum Gasteiger partial charge on any atom is -0.455 e. The molecule has 1 fully saturated rings. The summed E-state index contributed by atoms with van der Waals surface area (Å²) in [6.45, 7) is 1.80. The Hall–Kier alpha value is -4.58. The highest BCUT2D eigenvalue weighted by atomic mass is 19.1. The lowest BCUT2D eigenvalue weighted by Gasteiger charge is -2.17. The van der Waals surface area contributed by atoms with Crippen LogP contribution in [0.4, 0.5) is 4.39 Å². The van der Waals surface area contributed by atoms with Crippen LogP contribution in [-0.2, 0) is 5.54 Å². The van der Waals surface area contributed by atoms with Crippen LogP contribution < -0.4 is 5.32 Å². The molecule has 1 aliphatic carbocycles. The van der Waals surface area contributed by atoms with E-state index >= 15 is 0 Å². The van der Waals surface area contributed by atoms with Gasteiger partial charge in [0.2, 0.25) is 0 Å². The third-order valence-corrected chi connectivity index (χ3v) is 7.11. The summed E-state index contributed by atoms with van der Waals surface area (Å²) in [5.41, 5.74) is 4.42. The van der Waals surface area contributed by atoms with Gasteiger partial charge < -0.3 is 9.73 Å². The van der Waals surface area contributed by atoms with Crippen molar-refractivity contribution < 1.29 is 18.4 Å². The number of fused-ring (bicyclic) bond motifs is 1. The maximum absolute atomic E-state index is 13.5. The first-order valence-electron chi connectivity index (χ1n) is 12.7. The van der Waals surface area contributed by atoms with Crippen molar-refractivity contribution in [2.24, 2.45) is 0 Å². The highest BCUT2D eigenvalue weighted by Crippen LogP contribution is 2.44. The zero-order valence-electron chi connectivity index (χ0n) is 20.8. The van der Waals surface area contributed by atoms with Crippen molar-refractivity contribution in [3.05, 3.63) is 114 Å². The van der Waals surface area contributed by atoms with E-state index in [4.69, 9.17) is 4.42 Å². The monoisotopic (exact) mass is 504 g/mol. The van der Waals surface area contributed by atoms with Gasteiger partial charge in [0.25, 0.3) is 5.91 Å². The Labute approximate surface area is 219 Å². The van der Waals surface area contributed by atoms with Crippen molar-refractivity contribution in [2.45, 2.75) is 31.7 Å². The predicted molar refractivity (Wildman–Crippen MR) is 144 cm³/mol. The van der Waals surface area contributed by atoms with Crippen LogP contribution in [0.25, 0.3) is 33.4 Å². The third-order valence-electron chi connectivity index (χ3n) is 7.11. The van der Waals surface area contributed by atoms with Crippen LogP contribution in [0.5, 0.6) is 0 Å². The second kappa shape index (κ2) is 9.38. The van der Waals surface area contributed by atoms with Crippen molar-refractivity contribution >= 4 is 22.7 Å². The topological polar surface area (TPSA) is 72.2 Å². The molecule has 0 bridgehead atoms. The van der Waals surface area contributed by atoms with Crippen LogP contribution in [0.1, 0.15) is 52.6 Å². The van der Waals surface area contributed by atoms with Gasteiger partial charge in [0.15, 0.2) is 5.78 Å². The summed E-state index contributed by atoms with van der Waals surface area (Å²) in [4.78, 5) is 30.7. The Morgan fingerprint density at radius 1 is 0.921 bits per heavy atom. The summed E-state index contributed by atoms with van der Waals surface area (Å²) < 4.78 is 19.6. The molecule has 6 rings (SSSR count). The van der Waals surface area contributed by atoms with E-state index in [-0.39, 0.29) is 17.5 Å². The van der Waals surface area contributed by atoms with Crippen molar-refractivity contribution in [1.82, 2.24) is 10.3 Å². The van der Waals surface area contributed by atoms with E-state index < -0.39 is 5.54 Å². The number of carbonyl (C=O) groups is 2. The van der Waals surface area contributed by atoms with E-state index in [0.29, 0.717) is 39.8 Å². The largest absolute Gasteiger partial charge is 0.455 e. The first-order chi connectivity index (χ1) is 18.5. The van der Waals surface area contributed by atoms with E-state index in [0.717, 1.165) is 29.7 Å². The smallest absolute Gasteiger partial charge is 0.252 e. The molecule has 0 aliphatic heterocycles. The fourth-order valence-corrected chi connectivity index (χ4v) is 4.88. The van der Waals surface area contributed by atoms with Gasteiger partial charge in [-0.15, -0.1) is 0 Å². The van der Waals surface area contributed by atoms with Crippen LogP contribution in [0, 0.1) is 5.82 Å². The lowest BCUT2D eigenvalue weighted by Crippen LogP contribution is -2.35. The van der Waals surface area contributed by atoms with E-state index in [1.165, 1.54) is 12.1 Å². The minimum absolute atomic E-state index is 0.0578. The van der Waals surface area contributed by atoms with Gasteiger partial charge in [-0.1, -0.05) is 31.2 Å². The Morgan fingerprint density at radius 2 is 1.68 bits per heavy atom. The molecule has 1 aliphatic rings. The number of hydrogen-bond acceptors (Lipinski definition) is 4. The fourth-order valence-electron chi connectivity index (χ4n) is 4.88. The average Bonchev–Trinajstić information content (AvgIpc) is 3.64. The van der Waals surface area contributed by atoms with E-state index in [9.17, 15) is 14.0 Å². The first-order valence-corrected chi connectivity index (χ1v) is 12.7. The van der Waals surface area contributed by atoms with Crippen molar-refractivity contribution in [3.63, 3.8) is 0 Å². The van der Waals surface area contributed by atoms with Gasteiger partial charge in [0.1, 0.15) is 17.2 Å². The number of hydrogen-bond donors (Lipinski definition) is 1. The van der Waals surface area contributed by atoms with E-state index in [1.807, 2.05) is 54.6 Å². The maximum atomic E-state index is 13.5. The molecule has 5 aromatic rings. The van der Waals surface area contributed by atoms with E-state index in [2.05, 4.69) is 10.3 Å². The number of nitrogens with zero attached hydrogens (tertiary/aromatic N) is 1. The molecular weight excluding hydrogens is 479 g/mol. The Balaban J connectivity index is 1.35. The number of pyridine rings is 1. The molecule has 1 amide bonds. The molecule has 0 spiro atoms. The van der Waals surface area contributed by atoms with Crippen LogP contribution in [0.2, 0.25) is 0 Å². The molecule has 2 heterocycles. The highest BCUT2D eigenvalue weighted by Gasteiger charge is 2.47. The van der Waals surface area contributed by atoms with Gasteiger partial charge in [0.05, 0.1) is 16.8 Å². The number of Topliss-reactive ketones (excluding diaryl/α,β-unsaturated/α-hetero) is 1. The van der Waals surface area contributed by atoms with Crippen molar-refractivity contribution in [3.8, 4) is 22.5 Å². The fraction of sp³-hybridized carbons (Fsp3) is 0.156. The number of nitrogens with one attached hydrogen (secondary N) is 1. The van der Waals surface area contributed by atoms with Gasteiger partial charge in [-0.2, -0.15) is 0 Å². The van der Waals surface area contributed by atoms with Crippen LogP contribution in [0.3, 0.4) is 0 Å². The van der Waals surface area contributed by atoms with Crippen molar-refractivity contribution in [2.75, 3.05) is 0 Å². The number of furan rings is 1. The summed E-state index contributed by atoms with van der Waals surface area (Å²) in [7, 11) is 0. The molecule has 0 unspecified atom stereocenters. The van der Waals surface area contributed by atoms with Crippen molar-refractivity contribution in [1.29, 1.82) is 0 Å². The Bertz CT molecular complexity index is 1670. The zero-order chi connectivity index (χ0) is 26.3. The molecule has 1 N–H and O–H groups in total. The number of benzene rings is 3. The standard InChI is InChI=1S/C32H25FN2O3/c1-2-26(36)29-25-19-22(11-14-27(25)38-30(29)20-9-12-24(33)13-10-20)21-6-5-7-23(18-21)31(37)35-32(15-16-32)28-8-3-4-17-34-28/h3-14,17-19H,2,15-16H2,1H3,(H,35,37). The molecule has 188 valence electrons. The molecule has 5 nitrogen and oxygen atoms in total. The van der Waals surface area contributed by atoms with Gasteiger partial charge >= 0.3 is 0 Å². The van der Waals surface area contributed by atoms with Crippen LogP contribution >= 0.6 is 0 Å². The molecule has 0 atom stereocenters. The summed E-state index contributed by atoms with van der Waals surface area (Å²) in [5, 5.41) is 3.87. The van der Waals surface area contributed by atoms with Gasteiger partial charge in [-0.3, -0.25) is 14.6 Å². The first kappa shape index (κ1) is 23.8. The van der Waals surface area contributed by atoms with Gasteiger partial charge in [0, 0.05) is 29.1 Å². The van der Waals surface area contributed by atoms with Crippen LogP contribution in [0.15, 0.2) is 95.5 Å². The quantitative estimate of drug-likeness (QED) is 0.236. The number of amides is 1. The highest BCUT2D eigenvalue weighted by molar-refractivity contribution is 6.12.